The van der Waals surface area contributed by atoms with Crippen LogP contribution in [0.2, 0.25) is 0 Å². The molecule has 0 heterocycles. The first-order chi connectivity index (χ1) is 13.6. The Morgan fingerprint density at radius 2 is 1.83 bits per heavy atom. The molecule has 0 aromatic heterocycles. The van der Waals surface area contributed by atoms with Gasteiger partial charge in [-0.05, 0) is 52.0 Å². The largest absolute Gasteiger partial charge is 0.444 e. The van der Waals surface area contributed by atoms with Gasteiger partial charge in [-0.15, -0.1) is 0 Å². The van der Waals surface area contributed by atoms with E-state index in [4.69, 9.17) is 10.1 Å². The van der Waals surface area contributed by atoms with Crippen molar-refractivity contribution in [2.45, 2.75) is 70.9 Å². The van der Waals surface area contributed by atoms with Crippen molar-refractivity contribution in [3.8, 4) is 0 Å². The molecule has 1 amide bonds. The van der Waals surface area contributed by atoms with E-state index >= 15 is 0 Å². The Balaban J connectivity index is 2.59. The molecule has 0 fully saturated rings. The minimum atomic E-state index is -0.682. The number of carbonyl (C=O) groups excluding carboxylic acids is 2. The molecule has 8 nitrogen and oxygen atoms in total. The van der Waals surface area contributed by atoms with Crippen molar-refractivity contribution in [2.24, 2.45) is 0 Å². The third kappa shape index (κ3) is 11.6. The Bertz CT molecular complexity index is 698. The molecule has 29 heavy (non-hydrogen) atoms. The lowest BCUT2D eigenvalue weighted by Gasteiger charge is -2.23. The number of rotatable bonds is 12. The number of aryl methyl sites for hydroxylation is 1. The number of alkyl carbamates (subject to hydrolysis) is 1. The van der Waals surface area contributed by atoms with Gasteiger partial charge in [-0.1, -0.05) is 36.8 Å². The molecular formula is C21H31N3O5. The third-order valence-electron chi connectivity index (χ3n) is 4.12. The van der Waals surface area contributed by atoms with Crippen LogP contribution in [0.25, 0.3) is 0 Å². The lowest BCUT2D eigenvalue weighted by atomic mass is 9.98. The number of nitrogens with zero attached hydrogens (tertiary/aromatic N) is 1. The van der Waals surface area contributed by atoms with E-state index in [9.17, 15) is 19.7 Å². The zero-order valence-corrected chi connectivity index (χ0v) is 17.4. The highest BCUT2D eigenvalue weighted by molar-refractivity contribution is 5.87. The molecule has 0 saturated carbocycles. The summed E-state index contributed by atoms with van der Waals surface area (Å²) in [4.78, 5) is 34.7. The van der Waals surface area contributed by atoms with Crippen LogP contribution in [0, 0.1) is 15.5 Å². The van der Waals surface area contributed by atoms with E-state index in [2.05, 4.69) is 5.32 Å². The van der Waals surface area contributed by atoms with Gasteiger partial charge in [0.05, 0.1) is 11.8 Å². The molecule has 160 valence electrons. The molecule has 0 spiro atoms. The fraction of sp³-hybridized carbons (Fsp3) is 0.571. The van der Waals surface area contributed by atoms with E-state index in [0.717, 1.165) is 5.56 Å². The van der Waals surface area contributed by atoms with E-state index in [1.54, 1.807) is 20.8 Å². The summed E-state index contributed by atoms with van der Waals surface area (Å²) in [6.07, 6.45) is 2.05. The van der Waals surface area contributed by atoms with Crippen LogP contribution in [0.4, 0.5) is 4.79 Å². The van der Waals surface area contributed by atoms with Gasteiger partial charge >= 0.3 is 6.09 Å². The number of Topliss-reactive ketones (excluding diaryl/α,β-unsaturated/α-hetero) is 1. The molecular weight excluding hydrogens is 374 g/mol. The van der Waals surface area contributed by atoms with Gasteiger partial charge in [0, 0.05) is 11.3 Å². The predicted molar refractivity (Wildman–Crippen MR) is 111 cm³/mol. The van der Waals surface area contributed by atoms with Crippen molar-refractivity contribution >= 4 is 17.6 Å². The quantitative estimate of drug-likeness (QED) is 0.236. The summed E-state index contributed by atoms with van der Waals surface area (Å²) >= 11 is 0. The highest BCUT2D eigenvalue weighted by atomic mass is 16.6. The molecule has 8 heteroatoms. The lowest BCUT2D eigenvalue weighted by molar-refractivity contribution is -0.463. The van der Waals surface area contributed by atoms with Crippen LogP contribution in [-0.2, 0) is 16.0 Å². The van der Waals surface area contributed by atoms with Gasteiger partial charge in [-0.3, -0.25) is 14.9 Å². The van der Waals surface area contributed by atoms with Crippen molar-refractivity contribution in [1.29, 1.82) is 5.41 Å². The zero-order valence-electron chi connectivity index (χ0n) is 17.4. The number of unbranched alkanes of at least 4 members (excludes halogenated alkanes) is 1. The highest BCUT2D eigenvalue weighted by Crippen LogP contribution is 2.12. The molecule has 1 aromatic carbocycles. The van der Waals surface area contributed by atoms with Crippen molar-refractivity contribution in [3.05, 3.63) is 46.0 Å². The van der Waals surface area contributed by atoms with Crippen molar-refractivity contribution in [1.82, 2.24) is 5.32 Å². The van der Waals surface area contributed by atoms with E-state index < -0.39 is 29.2 Å². The molecule has 0 aliphatic rings. The Morgan fingerprint density at radius 1 is 1.17 bits per heavy atom. The van der Waals surface area contributed by atoms with Gasteiger partial charge in [-0.2, -0.15) is 0 Å². The first-order valence-electron chi connectivity index (χ1n) is 9.81. The molecule has 0 aliphatic heterocycles. The SMILES string of the molecule is CC(C)(C)OC(=O)NC(CCCCC(=N)C[N+](=O)[O-])C(=O)CCc1ccccc1. The molecule has 1 rings (SSSR count). The van der Waals surface area contributed by atoms with Crippen LogP contribution < -0.4 is 5.32 Å². The Kier molecular flexibility index (Phi) is 9.99. The van der Waals surface area contributed by atoms with Gasteiger partial charge in [0.15, 0.2) is 5.78 Å². The smallest absolute Gasteiger partial charge is 0.408 e. The van der Waals surface area contributed by atoms with Crippen molar-refractivity contribution in [3.63, 3.8) is 0 Å². The second-order valence-corrected chi connectivity index (χ2v) is 7.99. The zero-order chi connectivity index (χ0) is 21.9. The standard InChI is InChI=1S/C21H31N3O5/c1-21(2,3)29-20(26)23-18(12-8-7-11-17(22)15-24(27)28)19(25)14-13-16-9-5-4-6-10-16/h4-6,9-10,18,22H,7-8,11-15H2,1-3H3,(H,23,26). The van der Waals surface area contributed by atoms with Gasteiger partial charge in [-0.25, -0.2) is 4.79 Å². The maximum Gasteiger partial charge on any atom is 0.408 e. The van der Waals surface area contributed by atoms with Crippen LogP contribution in [0.3, 0.4) is 0 Å². The molecule has 0 saturated heterocycles. The number of carbonyl (C=O) groups is 2. The van der Waals surface area contributed by atoms with Crippen LogP contribution >= 0.6 is 0 Å². The van der Waals surface area contributed by atoms with Gasteiger partial charge < -0.3 is 15.5 Å². The summed E-state index contributed by atoms with van der Waals surface area (Å²) in [6, 6.07) is 8.95. The number of nitro groups is 1. The topological polar surface area (TPSA) is 122 Å². The number of benzene rings is 1. The number of nitrogens with one attached hydrogen (secondary N) is 2. The average molecular weight is 405 g/mol. The molecule has 1 unspecified atom stereocenters. The lowest BCUT2D eigenvalue weighted by Crippen LogP contribution is -2.43. The van der Waals surface area contributed by atoms with E-state index in [-0.39, 0.29) is 11.5 Å². The number of ketones is 1. The second-order valence-electron chi connectivity index (χ2n) is 7.99. The van der Waals surface area contributed by atoms with Crippen LogP contribution in [0.5, 0.6) is 0 Å². The van der Waals surface area contributed by atoms with E-state index in [0.29, 0.717) is 38.5 Å². The molecule has 0 radical (unpaired) electrons. The second kappa shape index (κ2) is 11.9. The summed E-state index contributed by atoms with van der Waals surface area (Å²) in [5, 5.41) is 20.6. The summed E-state index contributed by atoms with van der Waals surface area (Å²) in [6.45, 7) is 4.79. The highest BCUT2D eigenvalue weighted by Gasteiger charge is 2.24. The van der Waals surface area contributed by atoms with Crippen molar-refractivity contribution < 1.29 is 19.2 Å². The van der Waals surface area contributed by atoms with Gasteiger partial charge in [0.1, 0.15) is 5.60 Å². The Labute approximate surface area is 171 Å². The molecule has 1 atom stereocenters. The Morgan fingerprint density at radius 3 is 2.41 bits per heavy atom. The maximum atomic E-state index is 12.7. The summed E-state index contributed by atoms with van der Waals surface area (Å²) < 4.78 is 5.26. The predicted octanol–water partition coefficient (Wildman–Crippen LogP) is 3.94. The van der Waals surface area contributed by atoms with Crippen molar-refractivity contribution in [2.75, 3.05) is 6.54 Å². The molecule has 0 bridgehead atoms. The summed E-state index contributed by atoms with van der Waals surface area (Å²) in [5.74, 6) is -0.0833. The number of hydrogen-bond acceptors (Lipinski definition) is 6. The number of hydrogen-bond donors (Lipinski definition) is 2. The minimum Gasteiger partial charge on any atom is -0.444 e. The number of amides is 1. The normalized spacial score (nSPS) is 12.1. The fourth-order valence-electron chi connectivity index (χ4n) is 2.77. The molecule has 2 N–H and O–H groups in total. The van der Waals surface area contributed by atoms with Crippen LogP contribution in [0.1, 0.15) is 58.4 Å². The van der Waals surface area contributed by atoms with E-state index in [1.165, 1.54) is 0 Å². The van der Waals surface area contributed by atoms with E-state index in [1.807, 2.05) is 30.3 Å². The first kappa shape index (κ1) is 24.3. The van der Waals surface area contributed by atoms with Gasteiger partial charge in [0.2, 0.25) is 6.54 Å². The third-order valence-corrected chi connectivity index (χ3v) is 4.12. The monoisotopic (exact) mass is 405 g/mol. The average Bonchev–Trinajstić information content (AvgIpc) is 2.61. The fourth-order valence-corrected chi connectivity index (χ4v) is 2.77. The van der Waals surface area contributed by atoms with Crippen LogP contribution in [-0.4, -0.2) is 40.7 Å². The number of ether oxygens (including phenoxy) is 1. The molecule has 1 aromatic rings. The van der Waals surface area contributed by atoms with Crippen LogP contribution in [0.15, 0.2) is 30.3 Å². The summed E-state index contributed by atoms with van der Waals surface area (Å²) in [7, 11) is 0. The summed E-state index contributed by atoms with van der Waals surface area (Å²) in [5.41, 5.74) is 0.437. The first-order valence-corrected chi connectivity index (χ1v) is 9.81. The van der Waals surface area contributed by atoms with Gasteiger partial charge in [0.25, 0.3) is 0 Å². The molecule has 0 aliphatic carbocycles. The minimum absolute atomic E-state index is 0.0575. The maximum absolute atomic E-state index is 12.7. The Hall–Kier alpha value is -2.77.